The summed E-state index contributed by atoms with van der Waals surface area (Å²) < 4.78 is 0.714. The molecule has 4 amide bonds. The fraction of sp³-hybridized carbons (Fsp3) is 0.562. The molecule has 6 nitrogen and oxygen atoms in total. The zero-order valence-electron chi connectivity index (χ0n) is 13.8. The summed E-state index contributed by atoms with van der Waals surface area (Å²) >= 11 is 8.75. The highest BCUT2D eigenvalue weighted by Gasteiger charge is 2.52. The van der Waals surface area contributed by atoms with Crippen LogP contribution in [0.4, 0.5) is 4.79 Å². The number of rotatable bonds is 5. The Hall–Kier alpha value is -1.25. The molecule has 2 fully saturated rings. The maximum atomic E-state index is 12.6. The number of nitrogens with one attached hydrogen (secondary N) is 2. The Kier molecular flexibility index (Phi) is 5.60. The van der Waals surface area contributed by atoms with Crippen molar-refractivity contribution in [1.29, 1.82) is 0 Å². The third kappa shape index (κ3) is 4.12. The quantitative estimate of drug-likeness (QED) is 0.743. The van der Waals surface area contributed by atoms with Gasteiger partial charge in [0.15, 0.2) is 0 Å². The van der Waals surface area contributed by atoms with Gasteiger partial charge in [-0.1, -0.05) is 18.5 Å². The van der Waals surface area contributed by atoms with Crippen LogP contribution in [-0.4, -0.2) is 34.1 Å². The molecule has 2 N–H and O–H groups in total. The second-order valence-corrected chi connectivity index (χ2v) is 9.35. The van der Waals surface area contributed by atoms with E-state index < -0.39 is 11.6 Å². The molecule has 3 rings (SSSR count). The van der Waals surface area contributed by atoms with Crippen LogP contribution in [0.5, 0.6) is 0 Å². The highest BCUT2D eigenvalue weighted by Crippen LogP contribution is 2.35. The highest BCUT2D eigenvalue weighted by atomic mass is 35.5. The van der Waals surface area contributed by atoms with Crippen molar-refractivity contribution in [2.45, 2.75) is 43.9 Å². The third-order valence-corrected chi connectivity index (χ3v) is 7.03. The minimum Gasteiger partial charge on any atom is -0.322 e. The Morgan fingerprint density at radius 2 is 2.16 bits per heavy atom. The molecule has 2 heterocycles. The monoisotopic (exact) mass is 401 g/mol. The van der Waals surface area contributed by atoms with Crippen LogP contribution in [0.3, 0.4) is 0 Å². The van der Waals surface area contributed by atoms with Crippen molar-refractivity contribution in [1.82, 2.24) is 15.8 Å². The first-order valence-corrected chi connectivity index (χ1v) is 10.5. The second kappa shape index (κ2) is 7.55. The molecular formula is C16H20ClN3O3S2. The predicted molar refractivity (Wildman–Crippen MR) is 99.4 cm³/mol. The van der Waals surface area contributed by atoms with Gasteiger partial charge in [-0.3, -0.25) is 15.0 Å². The van der Waals surface area contributed by atoms with Gasteiger partial charge in [0.25, 0.3) is 5.91 Å². The number of nitrogens with zero attached hydrogens (tertiary/aromatic N) is 1. The average molecular weight is 402 g/mol. The molecule has 1 aliphatic heterocycles. The van der Waals surface area contributed by atoms with Gasteiger partial charge in [0, 0.05) is 10.6 Å². The summed E-state index contributed by atoms with van der Waals surface area (Å²) in [6.07, 6.45) is 3.04. The van der Waals surface area contributed by atoms with E-state index in [0.29, 0.717) is 28.8 Å². The van der Waals surface area contributed by atoms with Gasteiger partial charge in [-0.05, 0) is 43.7 Å². The van der Waals surface area contributed by atoms with Crippen LogP contribution in [-0.2, 0) is 15.3 Å². The number of hydrazine groups is 1. The van der Waals surface area contributed by atoms with E-state index in [2.05, 4.69) is 17.7 Å². The van der Waals surface area contributed by atoms with Crippen LogP contribution in [0.1, 0.15) is 37.5 Å². The molecule has 1 saturated carbocycles. The molecule has 25 heavy (non-hydrogen) atoms. The summed E-state index contributed by atoms with van der Waals surface area (Å²) in [5.74, 6) is 0.676. The molecule has 2 aliphatic rings. The predicted octanol–water partition coefficient (Wildman–Crippen LogP) is 3.17. The minimum atomic E-state index is -0.836. The lowest BCUT2D eigenvalue weighted by Gasteiger charge is -2.33. The maximum absolute atomic E-state index is 12.6. The van der Waals surface area contributed by atoms with E-state index >= 15 is 0 Å². The SMILES string of the molecule is CC1CCC2(CC1)NC(=O)N(NC(=O)CSCc1ccc(Cl)s1)C2=O. The van der Waals surface area contributed by atoms with E-state index in [-0.39, 0.29) is 17.6 Å². The van der Waals surface area contributed by atoms with Crippen molar-refractivity contribution in [3.05, 3.63) is 21.3 Å². The van der Waals surface area contributed by atoms with Crippen LogP contribution in [0.2, 0.25) is 4.34 Å². The highest BCUT2D eigenvalue weighted by molar-refractivity contribution is 7.99. The smallest absolute Gasteiger partial charge is 0.322 e. The van der Waals surface area contributed by atoms with Gasteiger partial charge in [0.05, 0.1) is 10.1 Å². The molecule has 1 aliphatic carbocycles. The molecule has 0 aromatic carbocycles. The minimum absolute atomic E-state index is 0.163. The van der Waals surface area contributed by atoms with Gasteiger partial charge in [-0.15, -0.1) is 23.1 Å². The second-order valence-electron chi connectivity index (χ2n) is 6.57. The Morgan fingerprint density at radius 1 is 1.44 bits per heavy atom. The zero-order chi connectivity index (χ0) is 18.0. The molecule has 0 unspecified atom stereocenters. The number of hydrogen-bond donors (Lipinski definition) is 2. The van der Waals surface area contributed by atoms with Gasteiger partial charge < -0.3 is 5.32 Å². The molecule has 1 aromatic heterocycles. The number of imide groups is 1. The lowest BCUT2D eigenvalue weighted by molar-refractivity contribution is -0.139. The van der Waals surface area contributed by atoms with E-state index in [9.17, 15) is 14.4 Å². The molecule has 0 bridgehead atoms. The molecule has 0 radical (unpaired) electrons. The van der Waals surface area contributed by atoms with Gasteiger partial charge in [0.1, 0.15) is 5.54 Å². The van der Waals surface area contributed by atoms with Crippen LogP contribution in [0.15, 0.2) is 12.1 Å². The molecule has 1 spiro atoms. The molecule has 136 valence electrons. The van der Waals surface area contributed by atoms with Crippen LogP contribution < -0.4 is 10.7 Å². The zero-order valence-corrected chi connectivity index (χ0v) is 16.2. The Balaban J connectivity index is 1.51. The van der Waals surface area contributed by atoms with Gasteiger partial charge >= 0.3 is 6.03 Å². The van der Waals surface area contributed by atoms with E-state index in [4.69, 9.17) is 11.6 Å². The van der Waals surface area contributed by atoms with E-state index in [1.807, 2.05) is 12.1 Å². The third-order valence-electron chi connectivity index (χ3n) is 4.63. The van der Waals surface area contributed by atoms with Crippen LogP contribution in [0.25, 0.3) is 0 Å². The summed E-state index contributed by atoms with van der Waals surface area (Å²) in [6, 6.07) is 3.20. The van der Waals surface area contributed by atoms with E-state index in [1.54, 1.807) is 0 Å². The maximum Gasteiger partial charge on any atom is 0.344 e. The Morgan fingerprint density at radius 3 is 2.80 bits per heavy atom. The molecule has 0 atom stereocenters. The number of amides is 4. The first-order valence-electron chi connectivity index (χ1n) is 8.18. The summed E-state index contributed by atoms with van der Waals surface area (Å²) in [6.45, 7) is 2.14. The molecular weight excluding hydrogens is 382 g/mol. The average Bonchev–Trinajstić information content (AvgIpc) is 3.08. The van der Waals surface area contributed by atoms with Crippen molar-refractivity contribution in [2.24, 2.45) is 5.92 Å². The number of thiophene rings is 1. The summed E-state index contributed by atoms with van der Waals surface area (Å²) in [4.78, 5) is 37.9. The van der Waals surface area contributed by atoms with Crippen molar-refractivity contribution in [3.63, 3.8) is 0 Å². The van der Waals surface area contributed by atoms with Crippen molar-refractivity contribution < 1.29 is 14.4 Å². The molecule has 9 heteroatoms. The largest absolute Gasteiger partial charge is 0.344 e. The van der Waals surface area contributed by atoms with Gasteiger partial charge in [0.2, 0.25) is 5.91 Å². The van der Waals surface area contributed by atoms with E-state index in [0.717, 1.165) is 22.7 Å². The first kappa shape index (κ1) is 18.5. The fourth-order valence-electron chi connectivity index (χ4n) is 3.15. The van der Waals surface area contributed by atoms with Crippen molar-refractivity contribution >= 4 is 52.5 Å². The van der Waals surface area contributed by atoms with Gasteiger partial charge in [-0.2, -0.15) is 5.01 Å². The normalized spacial score (nSPS) is 26.2. The summed E-state index contributed by atoms with van der Waals surface area (Å²) in [7, 11) is 0. The van der Waals surface area contributed by atoms with Crippen molar-refractivity contribution in [2.75, 3.05) is 5.75 Å². The topological polar surface area (TPSA) is 78.5 Å². The number of thioether (sulfide) groups is 1. The lowest BCUT2D eigenvalue weighted by atomic mass is 9.77. The number of hydrogen-bond acceptors (Lipinski definition) is 5. The van der Waals surface area contributed by atoms with Crippen LogP contribution >= 0.6 is 34.7 Å². The summed E-state index contributed by atoms with van der Waals surface area (Å²) in [5, 5.41) is 3.63. The Bertz CT molecular complexity index is 686. The number of urea groups is 1. The first-order chi connectivity index (χ1) is 11.9. The molecule has 1 saturated heterocycles. The fourth-order valence-corrected chi connectivity index (χ4v) is 5.16. The van der Waals surface area contributed by atoms with Crippen LogP contribution in [0, 0.1) is 5.92 Å². The van der Waals surface area contributed by atoms with Crippen molar-refractivity contribution in [3.8, 4) is 0 Å². The number of halogens is 1. The number of carbonyl (C=O) groups excluding carboxylic acids is 3. The lowest BCUT2D eigenvalue weighted by Crippen LogP contribution is -2.51. The number of carbonyl (C=O) groups is 3. The Labute approximate surface area is 159 Å². The van der Waals surface area contributed by atoms with Gasteiger partial charge in [-0.25, -0.2) is 4.79 Å². The summed E-state index contributed by atoms with van der Waals surface area (Å²) in [5.41, 5.74) is 1.61. The molecule has 1 aromatic rings. The standard InChI is InChI=1S/C16H20ClN3O3S2/c1-10-4-6-16(7-5-10)14(22)20(15(23)18-16)19-13(21)9-24-8-11-2-3-12(17)25-11/h2-3,10H,4-9H2,1H3,(H,18,23)(H,19,21). The van der Waals surface area contributed by atoms with E-state index in [1.165, 1.54) is 23.1 Å².